The monoisotopic (exact) mass is 313 g/mol. The van der Waals surface area contributed by atoms with Gasteiger partial charge in [0.05, 0.1) is 5.69 Å². The van der Waals surface area contributed by atoms with E-state index in [9.17, 15) is 4.79 Å². The minimum Gasteiger partial charge on any atom is -0.286 e. The molecule has 0 radical (unpaired) electrons. The van der Waals surface area contributed by atoms with E-state index in [1.807, 2.05) is 49.4 Å². The molecule has 3 rings (SSSR count). The molecule has 0 amide bonds. The fourth-order valence-corrected chi connectivity index (χ4v) is 3.20. The van der Waals surface area contributed by atoms with Crippen molar-refractivity contribution in [2.75, 3.05) is 0 Å². The van der Waals surface area contributed by atoms with Gasteiger partial charge in [-0.3, -0.25) is 4.79 Å². The summed E-state index contributed by atoms with van der Waals surface area (Å²) in [5.41, 5.74) is 2.41. The molecule has 21 heavy (non-hydrogen) atoms. The van der Waals surface area contributed by atoms with Crippen LogP contribution in [0, 0.1) is 6.92 Å². The summed E-state index contributed by atoms with van der Waals surface area (Å²) in [7, 11) is 0. The number of ketones is 1. The Hall–Kier alpha value is -1.97. The van der Waals surface area contributed by atoms with Crippen molar-refractivity contribution in [3.8, 4) is 11.3 Å². The van der Waals surface area contributed by atoms with Gasteiger partial charge in [0.2, 0.25) is 5.78 Å². The second-order valence-corrected chi connectivity index (χ2v) is 6.27. The Labute approximate surface area is 132 Å². The van der Waals surface area contributed by atoms with Crippen molar-refractivity contribution in [2.24, 2.45) is 0 Å². The van der Waals surface area contributed by atoms with E-state index in [0.717, 1.165) is 16.1 Å². The Kier molecular flexibility index (Phi) is 3.86. The van der Waals surface area contributed by atoms with Crippen LogP contribution >= 0.6 is 22.9 Å². The van der Waals surface area contributed by atoms with Gasteiger partial charge < -0.3 is 0 Å². The van der Waals surface area contributed by atoms with Gasteiger partial charge in [0, 0.05) is 21.0 Å². The van der Waals surface area contributed by atoms with Crippen molar-refractivity contribution in [1.82, 2.24) is 4.98 Å². The topological polar surface area (TPSA) is 30.0 Å². The van der Waals surface area contributed by atoms with Gasteiger partial charge in [0.15, 0.2) is 5.01 Å². The van der Waals surface area contributed by atoms with Gasteiger partial charge in [0.25, 0.3) is 0 Å². The minimum atomic E-state index is -0.0445. The zero-order valence-electron chi connectivity index (χ0n) is 11.3. The van der Waals surface area contributed by atoms with Crippen LogP contribution in [-0.2, 0) is 0 Å². The first-order valence-corrected chi connectivity index (χ1v) is 7.68. The van der Waals surface area contributed by atoms with Gasteiger partial charge in [-0.15, -0.1) is 11.3 Å². The van der Waals surface area contributed by atoms with Crippen molar-refractivity contribution in [1.29, 1.82) is 0 Å². The highest BCUT2D eigenvalue weighted by atomic mass is 35.5. The lowest BCUT2D eigenvalue weighted by atomic mass is 10.1. The van der Waals surface area contributed by atoms with E-state index >= 15 is 0 Å². The van der Waals surface area contributed by atoms with Crippen LogP contribution in [-0.4, -0.2) is 10.8 Å². The Balaban J connectivity index is 2.00. The first-order valence-electron chi connectivity index (χ1n) is 6.48. The molecule has 0 N–H and O–H groups in total. The van der Waals surface area contributed by atoms with E-state index in [0.29, 0.717) is 15.6 Å². The molecule has 0 unspecified atom stereocenters. The summed E-state index contributed by atoms with van der Waals surface area (Å²) in [6.45, 7) is 1.97. The molecule has 0 saturated carbocycles. The maximum atomic E-state index is 12.4. The molecule has 0 bridgehead atoms. The number of hydrogen-bond acceptors (Lipinski definition) is 3. The largest absolute Gasteiger partial charge is 0.286 e. The summed E-state index contributed by atoms with van der Waals surface area (Å²) in [5, 5.41) is 1.17. The van der Waals surface area contributed by atoms with Crippen LogP contribution in [0.15, 0.2) is 54.6 Å². The molecule has 0 spiro atoms. The fraction of sp³-hybridized carbons (Fsp3) is 0.0588. The number of aromatic nitrogens is 1. The number of rotatable bonds is 3. The van der Waals surface area contributed by atoms with E-state index in [4.69, 9.17) is 11.6 Å². The summed E-state index contributed by atoms with van der Waals surface area (Å²) in [6.07, 6.45) is 0. The molecule has 0 fully saturated rings. The second-order valence-electron chi connectivity index (χ2n) is 4.63. The molecule has 0 atom stereocenters. The zero-order valence-corrected chi connectivity index (χ0v) is 12.9. The Morgan fingerprint density at radius 3 is 2.57 bits per heavy atom. The predicted molar refractivity (Wildman–Crippen MR) is 87.2 cm³/mol. The Bertz CT molecular complexity index is 796. The molecule has 1 aromatic heterocycles. The van der Waals surface area contributed by atoms with Crippen LogP contribution in [0.5, 0.6) is 0 Å². The van der Waals surface area contributed by atoms with Gasteiger partial charge in [-0.2, -0.15) is 0 Å². The lowest BCUT2D eigenvalue weighted by Crippen LogP contribution is -1.99. The van der Waals surface area contributed by atoms with E-state index in [2.05, 4.69) is 4.98 Å². The maximum absolute atomic E-state index is 12.4. The van der Waals surface area contributed by atoms with Crippen LogP contribution < -0.4 is 0 Å². The molecule has 0 saturated heterocycles. The second kappa shape index (κ2) is 5.80. The highest BCUT2D eigenvalue weighted by molar-refractivity contribution is 7.14. The smallest absolute Gasteiger partial charge is 0.221 e. The molecule has 1 heterocycles. The zero-order chi connectivity index (χ0) is 14.8. The van der Waals surface area contributed by atoms with Crippen LogP contribution in [0.3, 0.4) is 0 Å². The highest BCUT2D eigenvalue weighted by Gasteiger charge is 2.17. The Morgan fingerprint density at radius 2 is 1.86 bits per heavy atom. The van der Waals surface area contributed by atoms with E-state index in [-0.39, 0.29) is 5.78 Å². The molecule has 0 aliphatic heterocycles. The first kappa shape index (κ1) is 14.0. The maximum Gasteiger partial charge on any atom is 0.221 e. The molecular weight excluding hydrogens is 302 g/mol. The highest BCUT2D eigenvalue weighted by Crippen LogP contribution is 2.30. The quantitative estimate of drug-likeness (QED) is 0.637. The minimum absolute atomic E-state index is 0.0445. The SMILES string of the molecule is Cc1sc(C(=O)c2ccccc2)nc1-c1cccc(Cl)c1. The van der Waals surface area contributed by atoms with Gasteiger partial charge >= 0.3 is 0 Å². The lowest BCUT2D eigenvalue weighted by Gasteiger charge is -1.99. The number of benzene rings is 2. The molecule has 104 valence electrons. The normalized spacial score (nSPS) is 10.6. The average Bonchev–Trinajstić information content (AvgIpc) is 2.89. The molecular formula is C17H12ClNOS. The summed E-state index contributed by atoms with van der Waals surface area (Å²) < 4.78 is 0. The van der Waals surface area contributed by atoms with E-state index in [1.54, 1.807) is 12.1 Å². The van der Waals surface area contributed by atoms with Gasteiger partial charge in [-0.1, -0.05) is 54.1 Å². The molecule has 2 nitrogen and oxygen atoms in total. The molecule has 0 aliphatic rings. The third-order valence-corrected chi connectivity index (χ3v) is 4.33. The van der Waals surface area contributed by atoms with Crippen LogP contribution in [0.25, 0.3) is 11.3 Å². The number of thiazole rings is 1. The molecule has 2 aromatic carbocycles. The third kappa shape index (κ3) is 2.89. The number of carbonyl (C=O) groups excluding carboxylic acids is 1. The molecule has 4 heteroatoms. The van der Waals surface area contributed by atoms with E-state index < -0.39 is 0 Å². The lowest BCUT2D eigenvalue weighted by molar-refractivity contribution is 0.103. The standard InChI is InChI=1S/C17H12ClNOS/c1-11-15(13-8-5-9-14(18)10-13)19-17(21-11)16(20)12-6-3-2-4-7-12/h2-10H,1H3. The number of nitrogens with zero attached hydrogens (tertiary/aromatic N) is 1. The van der Waals surface area contributed by atoms with Crippen molar-refractivity contribution >= 4 is 28.7 Å². The van der Waals surface area contributed by atoms with Crippen LogP contribution in [0.4, 0.5) is 0 Å². The summed E-state index contributed by atoms with van der Waals surface area (Å²) in [4.78, 5) is 18.0. The van der Waals surface area contributed by atoms with E-state index in [1.165, 1.54) is 11.3 Å². The van der Waals surface area contributed by atoms with Crippen LogP contribution in [0.2, 0.25) is 5.02 Å². The molecule has 3 aromatic rings. The first-order chi connectivity index (χ1) is 10.1. The molecule has 0 aliphatic carbocycles. The summed E-state index contributed by atoms with van der Waals surface area (Å²) in [6, 6.07) is 16.7. The predicted octanol–water partition coefficient (Wildman–Crippen LogP) is 5.00. The number of carbonyl (C=O) groups is 1. The number of halogens is 1. The van der Waals surface area contributed by atoms with Crippen LogP contribution in [0.1, 0.15) is 20.2 Å². The van der Waals surface area contributed by atoms with Crippen molar-refractivity contribution < 1.29 is 4.79 Å². The third-order valence-electron chi connectivity index (χ3n) is 3.12. The van der Waals surface area contributed by atoms with Crippen molar-refractivity contribution in [3.63, 3.8) is 0 Å². The Morgan fingerprint density at radius 1 is 1.10 bits per heavy atom. The summed E-state index contributed by atoms with van der Waals surface area (Å²) >= 11 is 7.44. The summed E-state index contributed by atoms with van der Waals surface area (Å²) in [5.74, 6) is -0.0445. The number of hydrogen-bond donors (Lipinski definition) is 0. The number of aryl methyl sites for hydroxylation is 1. The van der Waals surface area contributed by atoms with Gasteiger partial charge in [0.1, 0.15) is 0 Å². The average molecular weight is 314 g/mol. The fourth-order valence-electron chi connectivity index (χ4n) is 2.11. The van der Waals surface area contributed by atoms with Gasteiger partial charge in [-0.05, 0) is 19.1 Å². The van der Waals surface area contributed by atoms with Gasteiger partial charge in [-0.25, -0.2) is 4.98 Å². The van der Waals surface area contributed by atoms with Crippen molar-refractivity contribution in [2.45, 2.75) is 6.92 Å². The van der Waals surface area contributed by atoms with Crippen molar-refractivity contribution in [3.05, 3.63) is 75.1 Å².